The number of aromatic nitrogens is 3. The summed E-state index contributed by atoms with van der Waals surface area (Å²) in [5.41, 5.74) is 6.97. The van der Waals surface area contributed by atoms with Crippen molar-refractivity contribution < 1.29 is 22.8 Å². The van der Waals surface area contributed by atoms with E-state index in [0.717, 1.165) is 0 Å². The second-order valence-electron chi connectivity index (χ2n) is 7.62. The van der Waals surface area contributed by atoms with Gasteiger partial charge in [-0.25, -0.2) is 9.97 Å². The maximum atomic E-state index is 12.6. The van der Waals surface area contributed by atoms with Gasteiger partial charge in [-0.05, 0) is 18.9 Å². The predicted molar refractivity (Wildman–Crippen MR) is 103 cm³/mol. The van der Waals surface area contributed by atoms with Crippen LogP contribution in [0, 0.1) is 11.8 Å². The summed E-state index contributed by atoms with van der Waals surface area (Å²) in [4.78, 5) is 39.0. The summed E-state index contributed by atoms with van der Waals surface area (Å²) in [5, 5.41) is 0. The Morgan fingerprint density at radius 2 is 1.90 bits per heavy atom. The highest BCUT2D eigenvalue weighted by Crippen LogP contribution is 2.45. The minimum atomic E-state index is -4.21. The summed E-state index contributed by atoms with van der Waals surface area (Å²) in [5.74, 6) is -2.01. The number of carbonyl (C=O) groups excluding carboxylic acids is 2. The molecule has 0 spiro atoms. The van der Waals surface area contributed by atoms with E-state index in [-0.39, 0.29) is 18.7 Å². The predicted octanol–water partition coefficient (Wildman–Crippen LogP) is 1.69. The Morgan fingerprint density at radius 1 is 1.20 bits per heavy atom. The smallest absolute Gasteiger partial charge is 0.366 e. The van der Waals surface area contributed by atoms with Gasteiger partial charge in [-0.3, -0.25) is 9.59 Å². The average molecular weight is 422 g/mol. The van der Waals surface area contributed by atoms with Crippen LogP contribution in [-0.4, -0.2) is 64.0 Å². The third kappa shape index (κ3) is 3.96. The Balaban J connectivity index is 1.38. The van der Waals surface area contributed by atoms with Gasteiger partial charge in [-0.2, -0.15) is 13.2 Å². The van der Waals surface area contributed by atoms with Crippen LogP contribution in [0.5, 0.6) is 0 Å². The Morgan fingerprint density at radius 3 is 2.53 bits per heavy atom. The molecule has 0 unspecified atom stereocenters. The number of nitrogens with zero attached hydrogens (tertiary/aromatic N) is 4. The number of amides is 2. The van der Waals surface area contributed by atoms with Crippen LogP contribution >= 0.6 is 0 Å². The molecule has 30 heavy (non-hydrogen) atoms. The molecular weight excluding hydrogens is 401 g/mol. The fourth-order valence-electron chi connectivity index (χ4n) is 3.85. The number of alkyl halides is 3. The number of hydrogen-bond donors (Lipinski definition) is 2. The standard InChI is InChI=1S/C19H21F3N6O2/c20-19(21,22)13-7-12(8-13)18(30)28-5-3-27(4-6-28)15-10-25-17-16(26-15)11(9-24-17)1-2-14(23)29/h1-2,9-10,12-13H,3-8H2,(H2,23,29)(H,24,25). The van der Waals surface area contributed by atoms with E-state index < -0.39 is 23.9 Å². The number of halogens is 3. The van der Waals surface area contributed by atoms with Gasteiger partial charge in [0.2, 0.25) is 11.8 Å². The average Bonchev–Trinajstić information content (AvgIpc) is 3.06. The molecule has 4 rings (SSSR count). The van der Waals surface area contributed by atoms with Crippen molar-refractivity contribution in [2.75, 3.05) is 31.1 Å². The molecule has 2 aromatic heterocycles. The molecule has 1 saturated heterocycles. The third-order valence-corrected chi connectivity index (χ3v) is 5.69. The maximum Gasteiger partial charge on any atom is 0.391 e. The molecule has 1 saturated carbocycles. The van der Waals surface area contributed by atoms with E-state index in [1.807, 2.05) is 4.90 Å². The zero-order chi connectivity index (χ0) is 21.5. The first-order chi connectivity index (χ1) is 14.2. The van der Waals surface area contributed by atoms with Crippen molar-refractivity contribution in [2.24, 2.45) is 17.6 Å². The lowest BCUT2D eigenvalue weighted by atomic mass is 9.73. The van der Waals surface area contributed by atoms with E-state index in [4.69, 9.17) is 5.73 Å². The van der Waals surface area contributed by atoms with Crippen LogP contribution in [-0.2, 0) is 9.59 Å². The quantitative estimate of drug-likeness (QED) is 0.729. The molecule has 2 amide bonds. The van der Waals surface area contributed by atoms with E-state index >= 15 is 0 Å². The topological polar surface area (TPSA) is 108 Å². The van der Waals surface area contributed by atoms with Gasteiger partial charge in [0.15, 0.2) is 5.65 Å². The first kappa shape index (κ1) is 20.2. The number of piperazine rings is 1. The molecule has 1 aliphatic heterocycles. The monoisotopic (exact) mass is 422 g/mol. The minimum absolute atomic E-state index is 0.111. The van der Waals surface area contributed by atoms with E-state index in [1.165, 1.54) is 6.08 Å². The molecule has 3 N–H and O–H groups in total. The zero-order valence-corrected chi connectivity index (χ0v) is 16.0. The second kappa shape index (κ2) is 7.62. The maximum absolute atomic E-state index is 12.6. The van der Waals surface area contributed by atoms with Crippen molar-refractivity contribution >= 4 is 34.9 Å². The summed E-state index contributed by atoms with van der Waals surface area (Å²) < 4.78 is 37.9. The molecule has 0 radical (unpaired) electrons. The fraction of sp³-hybridized carbons (Fsp3) is 0.474. The molecule has 0 aromatic carbocycles. The van der Waals surface area contributed by atoms with Crippen LogP contribution < -0.4 is 10.6 Å². The number of nitrogens with two attached hydrogens (primary N) is 1. The second-order valence-corrected chi connectivity index (χ2v) is 7.62. The first-order valence-electron chi connectivity index (χ1n) is 9.64. The molecule has 2 fully saturated rings. The molecule has 1 aliphatic carbocycles. The molecule has 2 aromatic rings. The van der Waals surface area contributed by atoms with Crippen LogP contribution in [0.3, 0.4) is 0 Å². The summed E-state index contributed by atoms with van der Waals surface area (Å²) in [6.45, 7) is 1.87. The lowest BCUT2D eigenvalue weighted by Crippen LogP contribution is -2.53. The van der Waals surface area contributed by atoms with Crippen LogP contribution in [0.2, 0.25) is 0 Å². The molecule has 2 aliphatic rings. The van der Waals surface area contributed by atoms with E-state index in [1.54, 1.807) is 23.4 Å². The molecule has 11 heteroatoms. The fourth-order valence-corrected chi connectivity index (χ4v) is 3.85. The number of H-pyrrole nitrogens is 1. The number of rotatable bonds is 4. The summed E-state index contributed by atoms with van der Waals surface area (Å²) in [7, 11) is 0. The van der Waals surface area contributed by atoms with Gasteiger partial charge in [0.1, 0.15) is 11.3 Å². The van der Waals surface area contributed by atoms with Crippen LogP contribution in [0.25, 0.3) is 17.2 Å². The highest BCUT2D eigenvalue weighted by molar-refractivity contribution is 5.93. The Kier molecular flexibility index (Phi) is 5.12. The van der Waals surface area contributed by atoms with E-state index in [0.29, 0.717) is 48.7 Å². The highest BCUT2D eigenvalue weighted by Gasteiger charge is 2.50. The number of hydrogen-bond acceptors (Lipinski definition) is 5. The van der Waals surface area contributed by atoms with Gasteiger partial charge in [0.05, 0.1) is 12.1 Å². The summed E-state index contributed by atoms with van der Waals surface area (Å²) in [6, 6.07) is 0. The Labute approximate surface area is 169 Å². The van der Waals surface area contributed by atoms with Gasteiger partial charge < -0.3 is 20.5 Å². The number of nitrogens with one attached hydrogen (secondary N) is 1. The van der Waals surface area contributed by atoms with Crippen LogP contribution in [0.1, 0.15) is 18.4 Å². The van der Waals surface area contributed by atoms with Crippen molar-refractivity contribution in [3.8, 4) is 0 Å². The molecule has 0 bridgehead atoms. The van der Waals surface area contributed by atoms with Crippen molar-refractivity contribution in [3.05, 3.63) is 24.0 Å². The largest absolute Gasteiger partial charge is 0.391 e. The SMILES string of the molecule is NC(=O)C=Cc1c[nH]c2ncc(N3CCN(C(=O)C4CC(C(F)(F)F)C4)CC3)nc12. The number of anilines is 1. The Hall–Kier alpha value is -3.11. The van der Waals surface area contributed by atoms with E-state index in [9.17, 15) is 22.8 Å². The van der Waals surface area contributed by atoms with Gasteiger partial charge in [-0.15, -0.1) is 0 Å². The van der Waals surface area contributed by atoms with Crippen molar-refractivity contribution in [1.82, 2.24) is 19.9 Å². The normalized spacial score (nSPS) is 22.5. The molecule has 160 valence electrons. The van der Waals surface area contributed by atoms with Gasteiger partial charge in [0.25, 0.3) is 0 Å². The molecule has 3 heterocycles. The van der Waals surface area contributed by atoms with Crippen LogP contribution in [0.4, 0.5) is 19.0 Å². The lowest BCUT2D eigenvalue weighted by Gasteiger charge is -2.41. The Bertz CT molecular complexity index is 988. The highest BCUT2D eigenvalue weighted by atomic mass is 19.4. The van der Waals surface area contributed by atoms with Gasteiger partial charge >= 0.3 is 6.18 Å². The number of primary amides is 1. The lowest BCUT2D eigenvalue weighted by molar-refractivity contribution is -0.206. The van der Waals surface area contributed by atoms with Crippen LogP contribution in [0.15, 0.2) is 18.5 Å². The van der Waals surface area contributed by atoms with Crippen molar-refractivity contribution in [2.45, 2.75) is 19.0 Å². The number of carbonyl (C=O) groups is 2. The molecular formula is C19H21F3N6O2. The summed E-state index contributed by atoms with van der Waals surface area (Å²) in [6.07, 6.45) is 1.67. The number of fused-ring (bicyclic) bond motifs is 1. The van der Waals surface area contributed by atoms with Gasteiger partial charge in [-0.1, -0.05) is 0 Å². The molecule has 0 atom stereocenters. The van der Waals surface area contributed by atoms with Crippen molar-refractivity contribution in [3.63, 3.8) is 0 Å². The molecule has 8 nitrogen and oxygen atoms in total. The minimum Gasteiger partial charge on any atom is -0.366 e. The third-order valence-electron chi connectivity index (χ3n) is 5.69. The first-order valence-corrected chi connectivity index (χ1v) is 9.64. The van der Waals surface area contributed by atoms with Gasteiger partial charge in [0, 0.05) is 49.9 Å². The number of aromatic amines is 1. The summed E-state index contributed by atoms with van der Waals surface area (Å²) >= 11 is 0. The zero-order valence-electron chi connectivity index (χ0n) is 16.0. The van der Waals surface area contributed by atoms with E-state index in [2.05, 4.69) is 15.0 Å². The van der Waals surface area contributed by atoms with Crippen molar-refractivity contribution in [1.29, 1.82) is 0 Å².